The van der Waals surface area contributed by atoms with Crippen LogP contribution in [0.4, 0.5) is 4.39 Å². The summed E-state index contributed by atoms with van der Waals surface area (Å²) in [5.41, 5.74) is 0.760. The Hall–Kier alpha value is -1.33. The SMILES string of the molecule is CC1CCN(CC#Cc2cccc(F)c2)CC1. The topological polar surface area (TPSA) is 3.24 Å². The summed E-state index contributed by atoms with van der Waals surface area (Å²) >= 11 is 0. The van der Waals surface area contributed by atoms with Crippen molar-refractivity contribution >= 4 is 0 Å². The molecule has 1 nitrogen and oxygen atoms in total. The first-order valence-corrected chi connectivity index (χ1v) is 6.21. The van der Waals surface area contributed by atoms with Crippen LogP contribution in [0.3, 0.4) is 0 Å². The van der Waals surface area contributed by atoms with Crippen LogP contribution in [0.25, 0.3) is 0 Å². The maximum absolute atomic E-state index is 12.9. The molecule has 0 spiro atoms. The standard InChI is InChI=1S/C15H18FN/c1-13-7-10-17(11-8-13)9-3-5-14-4-2-6-15(16)12-14/h2,4,6,12-13H,7-11H2,1H3. The van der Waals surface area contributed by atoms with Crippen molar-refractivity contribution in [3.8, 4) is 11.8 Å². The molecule has 1 saturated heterocycles. The Morgan fingerprint density at radius 1 is 1.35 bits per heavy atom. The average Bonchev–Trinajstić information content (AvgIpc) is 2.32. The number of likely N-dealkylation sites (tertiary alicyclic amines) is 1. The number of rotatable bonds is 1. The van der Waals surface area contributed by atoms with E-state index in [2.05, 4.69) is 23.7 Å². The lowest BCUT2D eigenvalue weighted by Crippen LogP contribution is -2.33. The van der Waals surface area contributed by atoms with Crippen molar-refractivity contribution in [1.82, 2.24) is 4.90 Å². The molecule has 90 valence electrons. The first-order valence-electron chi connectivity index (χ1n) is 6.21. The van der Waals surface area contributed by atoms with Crippen molar-refractivity contribution in [3.63, 3.8) is 0 Å². The minimum atomic E-state index is -0.219. The van der Waals surface area contributed by atoms with Crippen LogP contribution in [0.15, 0.2) is 24.3 Å². The molecule has 0 N–H and O–H groups in total. The molecule has 0 amide bonds. The smallest absolute Gasteiger partial charge is 0.124 e. The Morgan fingerprint density at radius 2 is 2.12 bits per heavy atom. The second-order valence-electron chi connectivity index (χ2n) is 4.77. The fourth-order valence-corrected chi connectivity index (χ4v) is 2.04. The van der Waals surface area contributed by atoms with Crippen molar-refractivity contribution in [1.29, 1.82) is 0 Å². The highest BCUT2D eigenvalue weighted by Crippen LogP contribution is 2.15. The van der Waals surface area contributed by atoms with E-state index in [0.717, 1.165) is 31.1 Å². The molecule has 1 heterocycles. The zero-order valence-electron chi connectivity index (χ0n) is 10.2. The van der Waals surface area contributed by atoms with Gasteiger partial charge in [0.05, 0.1) is 6.54 Å². The van der Waals surface area contributed by atoms with Gasteiger partial charge in [0.25, 0.3) is 0 Å². The summed E-state index contributed by atoms with van der Waals surface area (Å²) < 4.78 is 12.9. The molecule has 0 unspecified atom stereocenters. The molecule has 2 heteroatoms. The van der Waals surface area contributed by atoms with Crippen LogP contribution < -0.4 is 0 Å². The van der Waals surface area contributed by atoms with Gasteiger partial charge in [-0.3, -0.25) is 4.90 Å². The van der Waals surface area contributed by atoms with Gasteiger partial charge in [-0.1, -0.05) is 24.8 Å². The second kappa shape index (κ2) is 5.84. The van der Waals surface area contributed by atoms with Gasteiger partial charge in [-0.25, -0.2) is 4.39 Å². The lowest BCUT2D eigenvalue weighted by atomic mass is 9.99. The lowest BCUT2D eigenvalue weighted by molar-refractivity contribution is 0.213. The van der Waals surface area contributed by atoms with Gasteiger partial charge < -0.3 is 0 Å². The quantitative estimate of drug-likeness (QED) is 0.672. The Kier molecular flexibility index (Phi) is 4.17. The van der Waals surface area contributed by atoms with E-state index in [4.69, 9.17) is 0 Å². The van der Waals surface area contributed by atoms with Gasteiger partial charge in [0.15, 0.2) is 0 Å². The van der Waals surface area contributed by atoms with Crippen LogP contribution in [-0.2, 0) is 0 Å². The third-order valence-electron chi connectivity index (χ3n) is 3.24. The molecular formula is C15H18FN. The molecule has 17 heavy (non-hydrogen) atoms. The molecule has 1 aliphatic heterocycles. The normalized spacial score (nSPS) is 17.5. The summed E-state index contributed by atoms with van der Waals surface area (Å²) in [5.74, 6) is 6.77. The molecular weight excluding hydrogens is 213 g/mol. The number of nitrogens with zero attached hydrogens (tertiary/aromatic N) is 1. The average molecular weight is 231 g/mol. The third-order valence-corrected chi connectivity index (χ3v) is 3.24. The van der Waals surface area contributed by atoms with Crippen LogP contribution in [0.5, 0.6) is 0 Å². The van der Waals surface area contributed by atoms with Crippen molar-refractivity contribution in [2.75, 3.05) is 19.6 Å². The molecule has 1 aromatic carbocycles. The van der Waals surface area contributed by atoms with Crippen LogP contribution in [-0.4, -0.2) is 24.5 Å². The lowest BCUT2D eigenvalue weighted by Gasteiger charge is -2.28. The van der Waals surface area contributed by atoms with Gasteiger partial charge in [-0.15, -0.1) is 0 Å². The number of hydrogen-bond donors (Lipinski definition) is 0. The molecule has 0 saturated carbocycles. The van der Waals surface area contributed by atoms with Crippen molar-refractivity contribution < 1.29 is 4.39 Å². The van der Waals surface area contributed by atoms with Gasteiger partial charge in [-0.2, -0.15) is 0 Å². The molecule has 0 radical (unpaired) electrons. The van der Waals surface area contributed by atoms with Crippen molar-refractivity contribution in [2.24, 2.45) is 5.92 Å². The highest BCUT2D eigenvalue weighted by atomic mass is 19.1. The number of halogens is 1. The molecule has 0 bridgehead atoms. The predicted molar refractivity (Wildman–Crippen MR) is 68.1 cm³/mol. The van der Waals surface area contributed by atoms with Gasteiger partial charge >= 0.3 is 0 Å². The van der Waals surface area contributed by atoms with E-state index < -0.39 is 0 Å². The number of benzene rings is 1. The third kappa shape index (κ3) is 3.87. The van der Waals surface area contributed by atoms with Crippen LogP contribution in [0.1, 0.15) is 25.3 Å². The minimum Gasteiger partial charge on any atom is -0.292 e. The number of hydrogen-bond acceptors (Lipinski definition) is 1. The Morgan fingerprint density at radius 3 is 2.82 bits per heavy atom. The van der Waals surface area contributed by atoms with Gasteiger partial charge in [-0.05, 0) is 50.0 Å². The van der Waals surface area contributed by atoms with Crippen LogP contribution in [0.2, 0.25) is 0 Å². The van der Waals surface area contributed by atoms with Crippen LogP contribution in [0, 0.1) is 23.6 Å². The zero-order chi connectivity index (χ0) is 12.1. The second-order valence-corrected chi connectivity index (χ2v) is 4.77. The molecule has 0 atom stereocenters. The van der Waals surface area contributed by atoms with E-state index in [1.807, 2.05) is 6.07 Å². The maximum atomic E-state index is 12.9. The van der Waals surface area contributed by atoms with Gasteiger partial charge in [0.2, 0.25) is 0 Å². The summed E-state index contributed by atoms with van der Waals surface area (Å²) in [4.78, 5) is 2.37. The highest BCUT2D eigenvalue weighted by Gasteiger charge is 2.13. The largest absolute Gasteiger partial charge is 0.292 e. The monoisotopic (exact) mass is 231 g/mol. The Balaban J connectivity index is 1.86. The first kappa shape index (κ1) is 12.1. The summed E-state index contributed by atoms with van der Waals surface area (Å²) in [6, 6.07) is 6.46. The predicted octanol–water partition coefficient (Wildman–Crippen LogP) is 2.91. The van der Waals surface area contributed by atoms with Crippen molar-refractivity contribution in [3.05, 3.63) is 35.6 Å². The van der Waals surface area contributed by atoms with E-state index in [1.54, 1.807) is 6.07 Å². The highest BCUT2D eigenvalue weighted by molar-refractivity contribution is 5.34. The van der Waals surface area contributed by atoms with Crippen molar-refractivity contribution in [2.45, 2.75) is 19.8 Å². The van der Waals surface area contributed by atoms with E-state index >= 15 is 0 Å². The maximum Gasteiger partial charge on any atom is 0.124 e. The fraction of sp³-hybridized carbons (Fsp3) is 0.467. The van der Waals surface area contributed by atoms with E-state index in [9.17, 15) is 4.39 Å². The molecule has 1 fully saturated rings. The summed E-state index contributed by atoms with van der Waals surface area (Å²) in [5, 5.41) is 0. The summed E-state index contributed by atoms with van der Waals surface area (Å²) in [6.07, 6.45) is 2.53. The summed E-state index contributed by atoms with van der Waals surface area (Å²) in [7, 11) is 0. The zero-order valence-corrected chi connectivity index (χ0v) is 10.2. The number of piperidine rings is 1. The molecule has 1 aliphatic rings. The van der Waals surface area contributed by atoms with E-state index in [1.165, 1.54) is 25.0 Å². The Labute approximate surface area is 103 Å². The van der Waals surface area contributed by atoms with E-state index in [0.29, 0.717) is 0 Å². The molecule has 1 aromatic rings. The summed E-state index contributed by atoms with van der Waals surface area (Å²) in [6.45, 7) is 5.37. The van der Waals surface area contributed by atoms with Gasteiger partial charge in [0.1, 0.15) is 5.82 Å². The van der Waals surface area contributed by atoms with E-state index in [-0.39, 0.29) is 5.82 Å². The Bertz CT molecular complexity index is 422. The molecule has 2 rings (SSSR count). The molecule has 0 aliphatic carbocycles. The van der Waals surface area contributed by atoms with Gasteiger partial charge in [0, 0.05) is 5.56 Å². The molecule has 0 aromatic heterocycles. The first-order chi connectivity index (χ1) is 8.24. The minimum absolute atomic E-state index is 0.219. The fourth-order valence-electron chi connectivity index (χ4n) is 2.04. The van der Waals surface area contributed by atoms with Crippen LogP contribution >= 0.6 is 0 Å².